The Morgan fingerprint density at radius 2 is 2.22 bits per heavy atom. The molecule has 0 unspecified atom stereocenters. The van der Waals surface area contributed by atoms with Gasteiger partial charge in [0, 0.05) is 16.7 Å². The lowest BCUT2D eigenvalue weighted by molar-refractivity contribution is 0.412. The van der Waals surface area contributed by atoms with E-state index in [0.29, 0.717) is 11.3 Å². The van der Waals surface area contributed by atoms with Gasteiger partial charge in [0.2, 0.25) is 0 Å². The maximum atomic E-state index is 9.73. The van der Waals surface area contributed by atoms with Crippen LogP contribution < -0.4 is 4.74 Å². The van der Waals surface area contributed by atoms with E-state index in [4.69, 9.17) is 4.74 Å². The van der Waals surface area contributed by atoms with Crippen molar-refractivity contribution in [2.24, 2.45) is 4.99 Å². The van der Waals surface area contributed by atoms with Gasteiger partial charge in [0.05, 0.1) is 13.2 Å². The zero-order valence-corrected chi connectivity index (χ0v) is 11.1. The molecule has 0 fully saturated rings. The summed E-state index contributed by atoms with van der Waals surface area (Å²) < 4.78 is 5.12. The molecule has 0 saturated heterocycles. The minimum Gasteiger partial charge on any atom is -0.507 e. The van der Waals surface area contributed by atoms with Gasteiger partial charge in [-0.05, 0) is 36.6 Å². The van der Waals surface area contributed by atoms with Crippen LogP contribution in [-0.4, -0.2) is 18.4 Å². The van der Waals surface area contributed by atoms with E-state index in [1.165, 1.54) is 4.88 Å². The monoisotopic (exact) mass is 261 g/mol. The molecule has 94 valence electrons. The van der Waals surface area contributed by atoms with E-state index in [9.17, 15) is 5.11 Å². The van der Waals surface area contributed by atoms with E-state index in [0.717, 1.165) is 0 Å². The lowest BCUT2D eigenvalue weighted by Crippen LogP contribution is -1.90. The maximum Gasteiger partial charge on any atom is 0.124 e. The minimum atomic E-state index is 0.0931. The third-order valence-corrected chi connectivity index (χ3v) is 3.67. The van der Waals surface area contributed by atoms with Crippen molar-refractivity contribution >= 4 is 17.6 Å². The highest BCUT2D eigenvalue weighted by atomic mass is 32.1. The molecule has 0 saturated carbocycles. The number of benzene rings is 1. The molecule has 1 aromatic carbocycles. The van der Waals surface area contributed by atoms with E-state index < -0.39 is 0 Å². The lowest BCUT2D eigenvalue weighted by Gasteiger charge is -2.05. The van der Waals surface area contributed by atoms with Crippen molar-refractivity contribution in [1.82, 2.24) is 0 Å². The third-order valence-electron chi connectivity index (χ3n) is 2.63. The number of nitrogens with zero attached hydrogens (tertiary/aromatic N) is 1. The number of aliphatic imine (C=N–C) groups is 1. The molecule has 2 aromatic rings. The highest BCUT2D eigenvalue weighted by Gasteiger charge is 2.04. The van der Waals surface area contributed by atoms with Crippen LogP contribution in [0.4, 0.5) is 0 Å². The number of aromatic hydroxyl groups is 1. The molecule has 0 amide bonds. The second-order valence-electron chi connectivity index (χ2n) is 3.89. The highest BCUT2D eigenvalue weighted by Crippen LogP contribution is 2.24. The molecule has 0 aliphatic rings. The average Bonchev–Trinajstić information content (AvgIpc) is 2.91. The summed E-state index contributed by atoms with van der Waals surface area (Å²) in [6.07, 6.45) is 1.68. The average molecular weight is 261 g/mol. The van der Waals surface area contributed by atoms with Crippen LogP contribution in [0, 0.1) is 0 Å². The van der Waals surface area contributed by atoms with Crippen molar-refractivity contribution in [2.45, 2.75) is 13.0 Å². The first-order chi connectivity index (χ1) is 8.70. The molecule has 4 heteroatoms. The van der Waals surface area contributed by atoms with Gasteiger partial charge in [-0.15, -0.1) is 11.3 Å². The van der Waals surface area contributed by atoms with Crippen molar-refractivity contribution in [1.29, 1.82) is 0 Å². The Bertz CT molecular complexity index is 535. The van der Waals surface area contributed by atoms with Gasteiger partial charge >= 0.3 is 0 Å². The second-order valence-corrected chi connectivity index (χ2v) is 4.87. The number of ether oxygens (including phenoxy) is 1. The Labute approximate surface area is 110 Å². The summed E-state index contributed by atoms with van der Waals surface area (Å²) in [4.78, 5) is 5.65. The number of hydrogen-bond donors (Lipinski definition) is 1. The number of rotatable bonds is 4. The normalized spacial score (nSPS) is 12.8. The molecular formula is C14H15NO2S. The van der Waals surface area contributed by atoms with Crippen LogP contribution in [-0.2, 0) is 0 Å². The van der Waals surface area contributed by atoms with Crippen LogP contribution in [0.25, 0.3) is 0 Å². The van der Waals surface area contributed by atoms with Gasteiger partial charge in [-0.2, -0.15) is 0 Å². The topological polar surface area (TPSA) is 41.8 Å². The molecular weight excluding hydrogens is 246 g/mol. The van der Waals surface area contributed by atoms with Crippen LogP contribution in [0.1, 0.15) is 23.4 Å². The molecule has 2 rings (SSSR count). The van der Waals surface area contributed by atoms with Crippen molar-refractivity contribution in [3.05, 3.63) is 46.2 Å². The molecule has 1 atom stereocenters. The predicted molar refractivity (Wildman–Crippen MR) is 75.0 cm³/mol. The molecule has 0 bridgehead atoms. The SMILES string of the molecule is COc1ccc(O)c(C=N[C@H](C)c2cccs2)c1. The third kappa shape index (κ3) is 2.90. The summed E-state index contributed by atoms with van der Waals surface area (Å²) in [5.74, 6) is 0.913. The molecule has 0 aliphatic heterocycles. The summed E-state index contributed by atoms with van der Waals surface area (Å²) in [6, 6.07) is 9.24. The van der Waals surface area contributed by atoms with E-state index in [-0.39, 0.29) is 11.8 Å². The molecule has 0 radical (unpaired) electrons. The van der Waals surface area contributed by atoms with Gasteiger partial charge in [-0.25, -0.2) is 0 Å². The zero-order valence-electron chi connectivity index (χ0n) is 10.3. The minimum absolute atomic E-state index is 0.0931. The second kappa shape index (κ2) is 5.69. The number of methoxy groups -OCH3 is 1. The lowest BCUT2D eigenvalue weighted by atomic mass is 10.2. The first kappa shape index (κ1) is 12.6. The van der Waals surface area contributed by atoms with E-state index >= 15 is 0 Å². The molecule has 18 heavy (non-hydrogen) atoms. The fourth-order valence-corrected chi connectivity index (χ4v) is 2.29. The summed E-state index contributed by atoms with van der Waals surface area (Å²) in [5, 5.41) is 11.8. The van der Waals surface area contributed by atoms with Gasteiger partial charge in [0.1, 0.15) is 11.5 Å². The molecule has 0 aliphatic carbocycles. The number of phenolic OH excluding ortho intramolecular Hbond substituents is 1. The number of phenols is 1. The van der Waals surface area contributed by atoms with Crippen LogP contribution in [0.5, 0.6) is 11.5 Å². The molecule has 0 spiro atoms. The molecule has 1 aromatic heterocycles. The van der Waals surface area contributed by atoms with E-state index in [1.807, 2.05) is 18.4 Å². The van der Waals surface area contributed by atoms with Crippen molar-refractivity contribution in [3.8, 4) is 11.5 Å². The van der Waals surface area contributed by atoms with Gasteiger partial charge in [-0.1, -0.05) is 6.07 Å². The number of thiophene rings is 1. The van der Waals surface area contributed by atoms with Gasteiger partial charge in [0.25, 0.3) is 0 Å². The quantitative estimate of drug-likeness (QED) is 0.854. The van der Waals surface area contributed by atoms with Crippen LogP contribution in [0.15, 0.2) is 40.7 Å². The summed E-state index contributed by atoms with van der Waals surface area (Å²) in [7, 11) is 1.60. The van der Waals surface area contributed by atoms with Gasteiger partial charge < -0.3 is 9.84 Å². The van der Waals surface area contributed by atoms with E-state index in [1.54, 1.807) is 42.9 Å². The molecule has 1 heterocycles. The first-order valence-corrected chi connectivity index (χ1v) is 6.52. The molecule has 3 nitrogen and oxygen atoms in total. The fourth-order valence-electron chi connectivity index (χ4n) is 1.56. The summed E-state index contributed by atoms with van der Waals surface area (Å²) in [6.45, 7) is 2.03. The largest absolute Gasteiger partial charge is 0.507 e. The Hall–Kier alpha value is -1.81. The summed E-state index contributed by atoms with van der Waals surface area (Å²) >= 11 is 1.68. The van der Waals surface area contributed by atoms with Crippen LogP contribution >= 0.6 is 11.3 Å². The van der Waals surface area contributed by atoms with Crippen LogP contribution in [0.2, 0.25) is 0 Å². The Balaban J connectivity index is 2.18. The molecule has 1 N–H and O–H groups in total. The highest BCUT2D eigenvalue weighted by molar-refractivity contribution is 7.10. The van der Waals surface area contributed by atoms with Crippen molar-refractivity contribution < 1.29 is 9.84 Å². The van der Waals surface area contributed by atoms with Crippen molar-refractivity contribution in [3.63, 3.8) is 0 Å². The van der Waals surface area contributed by atoms with Crippen molar-refractivity contribution in [2.75, 3.05) is 7.11 Å². The Morgan fingerprint density at radius 3 is 2.89 bits per heavy atom. The predicted octanol–water partition coefficient (Wildman–Crippen LogP) is 3.64. The Kier molecular flexibility index (Phi) is 3.99. The van der Waals surface area contributed by atoms with Gasteiger partial charge in [-0.3, -0.25) is 4.99 Å². The van der Waals surface area contributed by atoms with E-state index in [2.05, 4.69) is 11.1 Å². The van der Waals surface area contributed by atoms with Gasteiger partial charge in [0.15, 0.2) is 0 Å². The first-order valence-electron chi connectivity index (χ1n) is 5.64. The maximum absolute atomic E-state index is 9.73. The van der Waals surface area contributed by atoms with Crippen LogP contribution in [0.3, 0.4) is 0 Å². The zero-order chi connectivity index (χ0) is 13.0. The number of hydrogen-bond acceptors (Lipinski definition) is 4. The Morgan fingerprint density at radius 1 is 1.39 bits per heavy atom. The summed E-state index contributed by atoms with van der Waals surface area (Å²) in [5.41, 5.74) is 0.665. The fraction of sp³-hybridized carbons (Fsp3) is 0.214. The standard InChI is InChI=1S/C14H15NO2S/c1-10(14-4-3-7-18-14)15-9-11-8-12(17-2)5-6-13(11)16/h3-10,16H,1-2H3/t10-/m1/s1. The smallest absolute Gasteiger partial charge is 0.124 e.